The minimum atomic E-state index is -0.220. The molecule has 0 bridgehead atoms. The molecular weight excluding hydrogens is 301 g/mol. The summed E-state index contributed by atoms with van der Waals surface area (Å²) in [7, 11) is 0. The van der Waals surface area contributed by atoms with Gasteiger partial charge >= 0.3 is 0 Å². The predicted octanol–water partition coefficient (Wildman–Crippen LogP) is 4.01. The number of hydrogen-bond acceptors (Lipinski definition) is 3. The van der Waals surface area contributed by atoms with E-state index < -0.39 is 0 Å². The summed E-state index contributed by atoms with van der Waals surface area (Å²) >= 11 is 0. The fraction of sp³-hybridized carbons (Fsp3) is 0.350. The van der Waals surface area contributed by atoms with Crippen LogP contribution in [0, 0.1) is 5.82 Å². The van der Waals surface area contributed by atoms with Crippen LogP contribution in [0.1, 0.15) is 26.3 Å². The second-order valence-corrected chi connectivity index (χ2v) is 5.78. The summed E-state index contributed by atoms with van der Waals surface area (Å²) in [4.78, 5) is 6.71. The second-order valence-electron chi connectivity index (χ2n) is 5.78. The number of halogens is 1. The molecule has 1 fully saturated rings. The van der Waals surface area contributed by atoms with Crippen molar-refractivity contribution in [1.82, 2.24) is 10.2 Å². The molecular formula is C20H26FN3. The average Bonchev–Trinajstić information content (AvgIpc) is 2.61. The molecule has 1 aromatic carbocycles. The Balaban J connectivity index is 2.59. The SMILES string of the molecule is C=CN=C(C)C(/C(=C\C)c1ccccc1F)=C(\C)N1CCNCC1. The molecule has 2 rings (SSSR count). The number of piperazine rings is 1. The largest absolute Gasteiger partial charge is 0.372 e. The lowest BCUT2D eigenvalue weighted by molar-refractivity contribution is 0.299. The van der Waals surface area contributed by atoms with E-state index in [0.717, 1.165) is 48.7 Å². The van der Waals surface area contributed by atoms with Crippen LogP contribution in [0.2, 0.25) is 0 Å². The van der Waals surface area contributed by atoms with Crippen LogP contribution in [0.3, 0.4) is 0 Å². The number of benzene rings is 1. The lowest BCUT2D eigenvalue weighted by Gasteiger charge is -2.32. The van der Waals surface area contributed by atoms with Gasteiger partial charge in [0.2, 0.25) is 0 Å². The molecule has 0 radical (unpaired) electrons. The van der Waals surface area contributed by atoms with E-state index in [0.29, 0.717) is 5.56 Å². The van der Waals surface area contributed by atoms with Gasteiger partial charge in [0.05, 0.1) is 0 Å². The number of aliphatic imine (C=N–C) groups is 1. The van der Waals surface area contributed by atoms with Gasteiger partial charge in [-0.3, -0.25) is 4.99 Å². The fourth-order valence-corrected chi connectivity index (χ4v) is 3.13. The summed E-state index contributed by atoms with van der Waals surface area (Å²) in [5.41, 5.74) is 4.41. The van der Waals surface area contributed by atoms with Gasteiger partial charge in [0.1, 0.15) is 5.82 Å². The van der Waals surface area contributed by atoms with Crippen LogP contribution in [-0.2, 0) is 0 Å². The molecule has 1 heterocycles. The Bertz CT molecular complexity index is 680. The van der Waals surface area contributed by atoms with Crippen molar-refractivity contribution in [1.29, 1.82) is 0 Å². The zero-order chi connectivity index (χ0) is 17.5. The molecule has 0 saturated carbocycles. The van der Waals surface area contributed by atoms with Crippen molar-refractivity contribution in [2.45, 2.75) is 20.8 Å². The van der Waals surface area contributed by atoms with Crippen LogP contribution in [0.15, 0.2) is 59.4 Å². The Labute approximate surface area is 144 Å². The molecule has 4 heteroatoms. The number of nitrogens with zero attached hydrogens (tertiary/aromatic N) is 2. The van der Waals surface area contributed by atoms with Crippen LogP contribution in [0.5, 0.6) is 0 Å². The molecule has 0 aromatic heterocycles. The summed E-state index contributed by atoms with van der Waals surface area (Å²) in [6.07, 6.45) is 3.50. The van der Waals surface area contributed by atoms with Crippen LogP contribution < -0.4 is 5.32 Å². The first-order valence-corrected chi connectivity index (χ1v) is 8.34. The van der Waals surface area contributed by atoms with Crippen molar-refractivity contribution in [2.75, 3.05) is 26.2 Å². The minimum absolute atomic E-state index is 0.220. The molecule has 0 unspecified atom stereocenters. The van der Waals surface area contributed by atoms with E-state index in [1.807, 2.05) is 32.1 Å². The van der Waals surface area contributed by atoms with Gasteiger partial charge in [-0.05, 0) is 32.4 Å². The third-order valence-corrected chi connectivity index (χ3v) is 4.32. The molecule has 1 aromatic rings. The molecule has 0 amide bonds. The van der Waals surface area contributed by atoms with Gasteiger partial charge in [-0.15, -0.1) is 0 Å². The molecule has 0 spiro atoms. The number of allylic oxidation sites excluding steroid dienone is 4. The maximum absolute atomic E-state index is 14.4. The molecule has 24 heavy (non-hydrogen) atoms. The summed E-state index contributed by atoms with van der Waals surface area (Å²) in [5, 5.41) is 3.36. The Morgan fingerprint density at radius 3 is 2.50 bits per heavy atom. The first-order chi connectivity index (χ1) is 11.6. The van der Waals surface area contributed by atoms with Gasteiger partial charge in [0.15, 0.2) is 0 Å². The molecule has 1 N–H and O–H groups in total. The molecule has 1 aliphatic rings. The summed E-state index contributed by atoms with van der Waals surface area (Å²) in [6.45, 7) is 13.5. The smallest absolute Gasteiger partial charge is 0.131 e. The highest BCUT2D eigenvalue weighted by atomic mass is 19.1. The van der Waals surface area contributed by atoms with Crippen molar-refractivity contribution in [3.8, 4) is 0 Å². The summed E-state index contributed by atoms with van der Waals surface area (Å²) in [5.74, 6) is -0.220. The van der Waals surface area contributed by atoms with E-state index in [2.05, 4.69) is 28.7 Å². The lowest BCUT2D eigenvalue weighted by atomic mass is 9.92. The Morgan fingerprint density at radius 2 is 1.92 bits per heavy atom. The predicted molar refractivity (Wildman–Crippen MR) is 100 cm³/mol. The van der Waals surface area contributed by atoms with E-state index in [-0.39, 0.29) is 5.82 Å². The monoisotopic (exact) mass is 327 g/mol. The maximum atomic E-state index is 14.4. The van der Waals surface area contributed by atoms with Crippen LogP contribution in [0.25, 0.3) is 5.57 Å². The number of rotatable bonds is 5. The normalized spacial score (nSPS) is 17.6. The van der Waals surface area contributed by atoms with Crippen LogP contribution in [-0.4, -0.2) is 36.8 Å². The van der Waals surface area contributed by atoms with E-state index in [4.69, 9.17) is 0 Å². The highest BCUT2D eigenvalue weighted by molar-refractivity contribution is 6.12. The Kier molecular flexibility index (Phi) is 6.50. The second kappa shape index (κ2) is 8.60. The first-order valence-electron chi connectivity index (χ1n) is 8.34. The standard InChI is InChI=1S/C20H26FN3/c1-5-17(18-9-7-8-10-19(18)21)20(15(3)23-6-2)16(4)24-13-11-22-12-14-24/h5-10,22H,2,11-14H2,1,3-4H3/b17-5-,20-16-,23-15?. The molecule has 0 atom stereocenters. The fourth-order valence-electron chi connectivity index (χ4n) is 3.13. The van der Waals surface area contributed by atoms with Crippen molar-refractivity contribution >= 4 is 11.3 Å². The summed E-state index contributed by atoms with van der Waals surface area (Å²) in [6, 6.07) is 6.89. The van der Waals surface area contributed by atoms with E-state index in [1.54, 1.807) is 6.07 Å². The van der Waals surface area contributed by atoms with Gasteiger partial charge < -0.3 is 10.2 Å². The lowest BCUT2D eigenvalue weighted by Crippen LogP contribution is -2.43. The van der Waals surface area contributed by atoms with Crippen molar-refractivity contribution in [3.05, 3.63) is 65.8 Å². The average molecular weight is 327 g/mol. The summed E-state index contributed by atoms with van der Waals surface area (Å²) < 4.78 is 14.4. The number of hydrogen-bond donors (Lipinski definition) is 1. The number of nitrogens with one attached hydrogen (secondary N) is 1. The third kappa shape index (κ3) is 4.01. The molecule has 128 valence electrons. The molecule has 1 aliphatic heterocycles. The van der Waals surface area contributed by atoms with Crippen molar-refractivity contribution in [2.24, 2.45) is 4.99 Å². The van der Waals surface area contributed by atoms with E-state index in [1.165, 1.54) is 12.3 Å². The highest BCUT2D eigenvalue weighted by Gasteiger charge is 2.20. The van der Waals surface area contributed by atoms with Gasteiger partial charge in [-0.1, -0.05) is 30.9 Å². The van der Waals surface area contributed by atoms with Crippen LogP contribution >= 0.6 is 0 Å². The zero-order valence-corrected chi connectivity index (χ0v) is 14.8. The van der Waals surface area contributed by atoms with Crippen LogP contribution in [0.4, 0.5) is 4.39 Å². The highest BCUT2D eigenvalue weighted by Crippen LogP contribution is 2.30. The molecule has 0 aliphatic carbocycles. The Morgan fingerprint density at radius 1 is 1.25 bits per heavy atom. The minimum Gasteiger partial charge on any atom is -0.372 e. The maximum Gasteiger partial charge on any atom is 0.131 e. The van der Waals surface area contributed by atoms with E-state index >= 15 is 0 Å². The Hall–Kier alpha value is -2.20. The van der Waals surface area contributed by atoms with E-state index in [9.17, 15) is 4.39 Å². The molecule has 1 saturated heterocycles. The zero-order valence-electron chi connectivity index (χ0n) is 14.8. The van der Waals surface area contributed by atoms with Gasteiger partial charge in [-0.2, -0.15) is 0 Å². The first kappa shape index (κ1) is 18.1. The van der Waals surface area contributed by atoms with Crippen molar-refractivity contribution < 1.29 is 4.39 Å². The molecule has 3 nitrogen and oxygen atoms in total. The topological polar surface area (TPSA) is 27.6 Å². The van der Waals surface area contributed by atoms with Gasteiger partial charge in [0, 0.05) is 54.9 Å². The van der Waals surface area contributed by atoms with Gasteiger partial charge in [-0.25, -0.2) is 4.39 Å². The van der Waals surface area contributed by atoms with Crippen molar-refractivity contribution in [3.63, 3.8) is 0 Å². The quantitative estimate of drug-likeness (QED) is 0.653. The van der Waals surface area contributed by atoms with Gasteiger partial charge in [0.25, 0.3) is 0 Å². The third-order valence-electron chi connectivity index (χ3n) is 4.32.